The van der Waals surface area contributed by atoms with Crippen LogP contribution in [0.25, 0.3) is 0 Å². The number of nitrogens with one attached hydrogen (secondary N) is 2. The molecule has 180 valence electrons. The number of ether oxygens (including phenoxy) is 2. The van der Waals surface area contributed by atoms with Crippen LogP contribution in [0.5, 0.6) is 11.5 Å². The first-order valence-corrected chi connectivity index (χ1v) is 11.8. The molecule has 0 aliphatic rings. The van der Waals surface area contributed by atoms with Gasteiger partial charge in [0.25, 0.3) is 15.9 Å². The molecule has 3 aromatic rings. The van der Waals surface area contributed by atoms with Crippen molar-refractivity contribution in [2.45, 2.75) is 24.9 Å². The molecule has 34 heavy (non-hydrogen) atoms. The Hall–Kier alpha value is -3.66. The monoisotopic (exact) mass is 490 g/mol. The van der Waals surface area contributed by atoms with Gasteiger partial charge in [0.05, 0.1) is 12.0 Å². The van der Waals surface area contributed by atoms with Crippen LogP contribution in [0.2, 0.25) is 0 Å². The van der Waals surface area contributed by atoms with Gasteiger partial charge < -0.3 is 14.8 Å². The molecular weight excluding hydrogens is 466 g/mol. The molecule has 0 aliphatic carbocycles. The first-order chi connectivity index (χ1) is 16.2. The van der Waals surface area contributed by atoms with E-state index in [4.69, 9.17) is 4.74 Å². The number of methoxy groups -OCH3 is 1. The van der Waals surface area contributed by atoms with E-state index in [1.807, 2.05) is 6.92 Å². The second kappa shape index (κ2) is 11.0. The minimum atomic E-state index is -3.88. The van der Waals surface area contributed by atoms with Gasteiger partial charge in [-0.15, -0.1) is 0 Å². The van der Waals surface area contributed by atoms with Crippen molar-refractivity contribution in [2.75, 3.05) is 18.4 Å². The van der Waals surface area contributed by atoms with Crippen LogP contribution >= 0.6 is 0 Å². The molecule has 0 radical (unpaired) electrons. The molecule has 0 spiro atoms. The highest BCUT2D eigenvalue weighted by atomic mass is 32.2. The predicted molar refractivity (Wildman–Crippen MR) is 124 cm³/mol. The highest BCUT2D eigenvalue weighted by Gasteiger charge is 2.17. The lowest BCUT2D eigenvalue weighted by atomic mass is 10.1. The van der Waals surface area contributed by atoms with Crippen LogP contribution in [0, 0.1) is 6.92 Å². The number of rotatable bonds is 10. The van der Waals surface area contributed by atoms with Gasteiger partial charge in [-0.25, -0.2) is 8.42 Å². The van der Waals surface area contributed by atoms with Gasteiger partial charge in [-0.05, 0) is 61.4 Å². The fourth-order valence-electron chi connectivity index (χ4n) is 3.12. The van der Waals surface area contributed by atoms with Crippen molar-refractivity contribution in [2.24, 2.45) is 0 Å². The Morgan fingerprint density at radius 2 is 1.74 bits per heavy atom. The zero-order valence-corrected chi connectivity index (χ0v) is 19.4. The Labute approximate surface area is 196 Å². The summed E-state index contributed by atoms with van der Waals surface area (Å²) in [6.07, 6.45) is 0.393. The molecule has 0 saturated heterocycles. The number of benzene rings is 3. The van der Waals surface area contributed by atoms with E-state index in [1.165, 1.54) is 37.4 Å². The van der Waals surface area contributed by atoms with E-state index in [2.05, 4.69) is 14.8 Å². The Morgan fingerprint density at radius 1 is 1.00 bits per heavy atom. The zero-order valence-electron chi connectivity index (χ0n) is 18.5. The van der Waals surface area contributed by atoms with Crippen molar-refractivity contribution in [3.63, 3.8) is 0 Å². The SMILES string of the molecule is COc1cc(CCNC(=O)c2cccc(S(=O)(=O)Nc3ccc(C)cc3)c2)ccc1OC(F)F. The summed E-state index contributed by atoms with van der Waals surface area (Å²) in [5, 5.41) is 2.72. The largest absolute Gasteiger partial charge is 0.493 e. The quantitative estimate of drug-likeness (QED) is 0.440. The molecule has 2 N–H and O–H groups in total. The number of hydrogen-bond acceptors (Lipinski definition) is 5. The van der Waals surface area contributed by atoms with Gasteiger partial charge >= 0.3 is 6.61 Å². The number of amides is 1. The highest BCUT2D eigenvalue weighted by Crippen LogP contribution is 2.29. The Kier molecular flexibility index (Phi) is 8.06. The van der Waals surface area contributed by atoms with Crippen molar-refractivity contribution in [1.29, 1.82) is 0 Å². The van der Waals surface area contributed by atoms with E-state index in [9.17, 15) is 22.0 Å². The van der Waals surface area contributed by atoms with E-state index in [1.54, 1.807) is 36.4 Å². The number of anilines is 1. The Morgan fingerprint density at radius 3 is 2.41 bits per heavy atom. The molecular formula is C24H24F2N2O5S. The maximum atomic E-state index is 12.7. The molecule has 0 fully saturated rings. The molecule has 0 atom stereocenters. The normalized spacial score (nSPS) is 11.2. The summed E-state index contributed by atoms with van der Waals surface area (Å²) < 4.78 is 62.3. The van der Waals surface area contributed by atoms with Gasteiger partial charge in [-0.1, -0.05) is 29.8 Å². The van der Waals surface area contributed by atoms with Crippen LogP contribution in [0.15, 0.2) is 71.6 Å². The van der Waals surface area contributed by atoms with E-state index >= 15 is 0 Å². The van der Waals surface area contributed by atoms with Crippen molar-refractivity contribution < 1.29 is 31.5 Å². The van der Waals surface area contributed by atoms with Gasteiger partial charge in [0.2, 0.25) is 0 Å². The Balaban J connectivity index is 1.62. The van der Waals surface area contributed by atoms with Gasteiger partial charge in [-0.3, -0.25) is 9.52 Å². The molecule has 0 unspecified atom stereocenters. The summed E-state index contributed by atoms with van der Waals surface area (Å²) in [7, 11) is -2.53. The minimum Gasteiger partial charge on any atom is -0.493 e. The van der Waals surface area contributed by atoms with Gasteiger partial charge in [0.1, 0.15) is 0 Å². The molecule has 3 rings (SSSR count). The molecule has 0 aliphatic heterocycles. The average molecular weight is 491 g/mol. The van der Waals surface area contributed by atoms with Gasteiger partial charge in [0, 0.05) is 17.8 Å². The third kappa shape index (κ3) is 6.67. The number of aryl methyl sites for hydroxylation is 1. The summed E-state index contributed by atoms with van der Waals surface area (Å²) in [6, 6.07) is 17.1. The fourth-order valence-corrected chi connectivity index (χ4v) is 4.23. The molecule has 1 amide bonds. The lowest BCUT2D eigenvalue weighted by Gasteiger charge is -2.12. The minimum absolute atomic E-state index is 0.0416. The lowest BCUT2D eigenvalue weighted by molar-refractivity contribution is -0.0512. The van der Waals surface area contributed by atoms with Crippen molar-refractivity contribution >= 4 is 21.6 Å². The molecule has 0 saturated carbocycles. The third-order valence-corrected chi connectivity index (χ3v) is 6.23. The summed E-state index contributed by atoms with van der Waals surface area (Å²) >= 11 is 0. The van der Waals surface area contributed by atoms with E-state index < -0.39 is 22.5 Å². The van der Waals surface area contributed by atoms with Crippen molar-refractivity contribution in [1.82, 2.24) is 5.32 Å². The van der Waals surface area contributed by atoms with Crippen LogP contribution in [-0.2, 0) is 16.4 Å². The number of alkyl halides is 2. The molecule has 0 heterocycles. The smallest absolute Gasteiger partial charge is 0.387 e. The first-order valence-electron chi connectivity index (χ1n) is 10.3. The maximum Gasteiger partial charge on any atom is 0.387 e. The Bertz CT molecular complexity index is 1250. The predicted octanol–water partition coefficient (Wildman–Crippen LogP) is 4.38. The van der Waals surface area contributed by atoms with Crippen LogP contribution in [0.3, 0.4) is 0 Å². The van der Waals surface area contributed by atoms with Crippen LogP contribution in [0.1, 0.15) is 21.5 Å². The number of carbonyl (C=O) groups excluding carboxylic acids is 1. The molecule has 0 bridgehead atoms. The summed E-state index contributed by atoms with van der Waals surface area (Å²) in [6.45, 7) is -0.839. The number of hydrogen-bond donors (Lipinski definition) is 2. The summed E-state index contributed by atoms with van der Waals surface area (Å²) in [5.41, 5.74) is 2.33. The highest BCUT2D eigenvalue weighted by molar-refractivity contribution is 7.92. The third-order valence-electron chi connectivity index (χ3n) is 4.85. The fraction of sp³-hybridized carbons (Fsp3) is 0.208. The van der Waals surface area contributed by atoms with Crippen LogP contribution in [0.4, 0.5) is 14.5 Å². The first kappa shape index (κ1) is 25.0. The van der Waals surface area contributed by atoms with Gasteiger partial charge in [0.15, 0.2) is 11.5 Å². The van der Waals surface area contributed by atoms with E-state index in [0.29, 0.717) is 12.1 Å². The summed E-state index contributed by atoms with van der Waals surface area (Å²) in [5.74, 6) is -0.373. The van der Waals surface area contributed by atoms with E-state index in [0.717, 1.165) is 11.1 Å². The van der Waals surface area contributed by atoms with E-state index in [-0.39, 0.29) is 28.5 Å². The lowest BCUT2D eigenvalue weighted by Crippen LogP contribution is -2.26. The molecule has 7 nitrogen and oxygen atoms in total. The molecule has 0 aromatic heterocycles. The standard InChI is InChI=1S/C24H24F2N2O5S/c1-16-6-9-19(10-7-16)28-34(30,31)20-5-3-4-18(15-20)23(29)27-13-12-17-8-11-21(33-24(25)26)22(14-17)32-2/h3-11,14-15,24,28H,12-13H2,1-2H3,(H,27,29). The average Bonchev–Trinajstić information content (AvgIpc) is 2.81. The van der Waals surface area contributed by atoms with Gasteiger partial charge in [-0.2, -0.15) is 8.78 Å². The number of halogens is 2. The summed E-state index contributed by atoms with van der Waals surface area (Å²) in [4.78, 5) is 12.5. The zero-order chi connectivity index (χ0) is 24.7. The maximum absolute atomic E-state index is 12.7. The second-order valence-corrected chi connectivity index (χ2v) is 9.05. The van der Waals surface area contributed by atoms with Crippen molar-refractivity contribution in [3.8, 4) is 11.5 Å². The van der Waals surface area contributed by atoms with Crippen LogP contribution in [-0.4, -0.2) is 34.6 Å². The molecule has 10 heteroatoms. The van der Waals surface area contributed by atoms with Crippen molar-refractivity contribution in [3.05, 3.63) is 83.4 Å². The number of sulfonamides is 1. The molecule has 3 aromatic carbocycles. The van der Waals surface area contributed by atoms with Crippen LogP contribution < -0.4 is 19.5 Å². The second-order valence-electron chi connectivity index (χ2n) is 7.37. The number of carbonyl (C=O) groups is 1. The topological polar surface area (TPSA) is 93.7 Å².